The van der Waals surface area contributed by atoms with Crippen LogP contribution in [0, 0.1) is 5.92 Å². The van der Waals surface area contributed by atoms with Gasteiger partial charge in [-0.2, -0.15) is 0 Å². The van der Waals surface area contributed by atoms with Crippen LogP contribution >= 0.6 is 0 Å². The van der Waals surface area contributed by atoms with Crippen LogP contribution in [0.25, 0.3) is 0 Å². The van der Waals surface area contributed by atoms with E-state index in [4.69, 9.17) is 0 Å². The second-order valence-electron chi connectivity index (χ2n) is 6.31. The molecule has 0 aliphatic carbocycles. The van der Waals surface area contributed by atoms with Gasteiger partial charge in [0.2, 0.25) is 11.8 Å². The van der Waals surface area contributed by atoms with Crippen LogP contribution in [0.3, 0.4) is 0 Å². The Morgan fingerprint density at radius 3 is 2.81 bits per heavy atom. The molecule has 1 aromatic carbocycles. The standard InChI is InChI=1S/C17H22N2O2/c1-12-6-5-9-19(11-12)17(21)16-14-8-4-3-7-13(14)10-15(20)18(16)2/h3-4,7-8,12,16H,5-6,9-11H2,1-2H3/t12-,16-/m0/s1. The van der Waals surface area contributed by atoms with Gasteiger partial charge in [-0.25, -0.2) is 0 Å². The Bertz CT molecular complexity index is 570. The highest BCUT2D eigenvalue weighted by Crippen LogP contribution is 2.32. The van der Waals surface area contributed by atoms with Crippen molar-refractivity contribution in [3.05, 3.63) is 35.4 Å². The van der Waals surface area contributed by atoms with Crippen molar-refractivity contribution in [2.75, 3.05) is 20.1 Å². The molecule has 2 aliphatic rings. The smallest absolute Gasteiger partial charge is 0.250 e. The van der Waals surface area contributed by atoms with Crippen molar-refractivity contribution in [2.45, 2.75) is 32.2 Å². The molecule has 1 aromatic rings. The average molecular weight is 286 g/mol. The van der Waals surface area contributed by atoms with Crippen molar-refractivity contribution in [1.82, 2.24) is 9.80 Å². The van der Waals surface area contributed by atoms with E-state index in [-0.39, 0.29) is 11.8 Å². The Balaban J connectivity index is 1.92. The van der Waals surface area contributed by atoms with Crippen molar-refractivity contribution in [2.24, 2.45) is 5.92 Å². The zero-order valence-corrected chi connectivity index (χ0v) is 12.7. The number of benzene rings is 1. The predicted molar refractivity (Wildman–Crippen MR) is 80.6 cm³/mol. The van der Waals surface area contributed by atoms with E-state index >= 15 is 0 Å². The molecule has 0 N–H and O–H groups in total. The second-order valence-corrected chi connectivity index (χ2v) is 6.31. The third kappa shape index (κ3) is 2.55. The van der Waals surface area contributed by atoms with E-state index < -0.39 is 6.04 Å². The van der Waals surface area contributed by atoms with Crippen molar-refractivity contribution < 1.29 is 9.59 Å². The Hall–Kier alpha value is -1.84. The Kier molecular flexibility index (Phi) is 3.70. The molecular weight excluding hydrogens is 264 g/mol. The maximum Gasteiger partial charge on any atom is 0.250 e. The first-order valence-corrected chi connectivity index (χ1v) is 7.70. The summed E-state index contributed by atoms with van der Waals surface area (Å²) < 4.78 is 0. The zero-order chi connectivity index (χ0) is 15.0. The van der Waals surface area contributed by atoms with E-state index in [2.05, 4.69) is 6.92 Å². The largest absolute Gasteiger partial charge is 0.340 e. The minimum atomic E-state index is -0.451. The van der Waals surface area contributed by atoms with Crippen molar-refractivity contribution in [1.29, 1.82) is 0 Å². The molecule has 2 heterocycles. The monoisotopic (exact) mass is 286 g/mol. The lowest BCUT2D eigenvalue weighted by molar-refractivity contribution is -0.146. The topological polar surface area (TPSA) is 40.6 Å². The number of nitrogens with zero attached hydrogens (tertiary/aromatic N) is 2. The molecule has 4 nitrogen and oxygen atoms in total. The molecular formula is C17H22N2O2. The Morgan fingerprint density at radius 1 is 1.29 bits per heavy atom. The molecule has 4 heteroatoms. The number of amides is 2. The van der Waals surface area contributed by atoms with Crippen LogP contribution in [0.2, 0.25) is 0 Å². The SMILES string of the molecule is C[C@H]1CCCN(C(=O)[C@@H]2c3ccccc3CC(=O)N2C)C1. The summed E-state index contributed by atoms with van der Waals surface area (Å²) in [4.78, 5) is 28.7. The molecule has 0 spiro atoms. The molecule has 0 aromatic heterocycles. The van der Waals surface area contributed by atoms with Crippen LogP contribution in [0.15, 0.2) is 24.3 Å². The molecule has 2 aliphatic heterocycles. The summed E-state index contributed by atoms with van der Waals surface area (Å²) >= 11 is 0. The molecule has 21 heavy (non-hydrogen) atoms. The number of rotatable bonds is 1. The van der Waals surface area contributed by atoms with Gasteiger partial charge in [0.05, 0.1) is 6.42 Å². The minimum Gasteiger partial charge on any atom is -0.340 e. The molecule has 0 unspecified atom stereocenters. The van der Waals surface area contributed by atoms with E-state index in [9.17, 15) is 9.59 Å². The molecule has 1 fully saturated rings. The van der Waals surface area contributed by atoms with Gasteiger partial charge in [0.15, 0.2) is 0 Å². The molecule has 1 saturated heterocycles. The number of carbonyl (C=O) groups excluding carboxylic acids is 2. The van der Waals surface area contributed by atoms with Gasteiger partial charge in [0.1, 0.15) is 6.04 Å². The highest BCUT2D eigenvalue weighted by molar-refractivity contribution is 5.92. The number of fused-ring (bicyclic) bond motifs is 1. The van der Waals surface area contributed by atoms with E-state index in [0.29, 0.717) is 12.3 Å². The van der Waals surface area contributed by atoms with Crippen molar-refractivity contribution >= 4 is 11.8 Å². The molecule has 112 valence electrons. The van der Waals surface area contributed by atoms with E-state index in [0.717, 1.165) is 30.6 Å². The van der Waals surface area contributed by atoms with Gasteiger partial charge in [-0.3, -0.25) is 9.59 Å². The molecule has 2 atom stereocenters. The normalized spacial score (nSPS) is 25.7. The van der Waals surface area contributed by atoms with Gasteiger partial charge >= 0.3 is 0 Å². The fraction of sp³-hybridized carbons (Fsp3) is 0.529. The summed E-state index contributed by atoms with van der Waals surface area (Å²) in [6.45, 7) is 3.80. The van der Waals surface area contributed by atoms with E-state index in [1.165, 1.54) is 6.42 Å². The van der Waals surface area contributed by atoms with Crippen LogP contribution in [0.4, 0.5) is 0 Å². The highest BCUT2D eigenvalue weighted by Gasteiger charge is 2.37. The average Bonchev–Trinajstić information content (AvgIpc) is 2.48. The van der Waals surface area contributed by atoms with Crippen LogP contribution in [0.1, 0.15) is 36.9 Å². The Labute approximate surface area is 125 Å². The van der Waals surface area contributed by atoms with Crippen molar-refractivity contribution in [3.8, 4) is 0 Å². The first-order chi connectivity index (χ1) is 10.1. The molecule has 0 saturated carbocycles. The van der Waals surface area contributed by atoms with Crippen LogP contribution in [-0.2, 0) is 16.0 Å². The Morgan fingerprint density at radius 2 is 2.05 bits per heavy atom. The summed E-state index contributed by atoms with van der Waals surface area (Å²) in [6.07, 6.45) is 2.63. The molecule has 3 rings (SSSR count). The summed E-state index contributed by atoms with van der Waals surface area (Å²) in [7, 11) is 1.74. The number of carbonyl (C=O) groups is 2. The number of likely N-dealkylation sites (tertiary alicyclic amines) is 1. The van der Waals surface area contributed by atoms with Gasteiger partial charge in [0, 0.05) is 20.1 Å². The fourth-order valence-electron chi connectivity index (χ4n) is 3.46. The quantitative estimate of drug-likeness (QED) is 0.792. The zero-order valence-electron chi connectivity index (χ0n) is 12.7. The maximum atomic E-state index is 12.9. The highest BCUT2D eigenvalue weighted by atomic mass is 16.2. The third-order valence-electron chi connectivity index (χ3n) is 4.67. The van der Waals surface area contributed by atoms with Crippen LogP contribution in [-0.4, -0.2) is 41.8 Å². The summed E-state index contributed by atoms with van der Waals surface area (Å²) in [5, 5.41) is 0. The first kappa shape index (κ1) is 14.1. The predicted octanol–water partition coefficient (Wildman–Crippen LogP) is 2.00. The number of hydrogen-bond acceptors (Lipinski definition) is 2. The molecule has 0 bridgehead atoms. The number of piperidine rings is 1. The van der Waals surface area contributed by atoms with E-state index in [1.54, 1.807) is 11.9 Å². The lowest BCUT2D eigenvalue weighted by atomic mass is 9.90. The maximum absolute atomic E-state index is 12.9. The summed E-state index contributed by atoms with van der Waals surface area (Å²) in [5.74, 6) is 0.643. The van der Waals surface area contributed by atoms with Crippen LogP contribution in [0.5, 0.6) is 0 Å². The second kappa shape index (κ2) is 5.51. The molecule has 0 radical (unpaired) electrons. The van der Waals surface area contributed by atoms with Crippen molar-refractivity contribution in [3.63, 3.8) is 0 Å². The number of likely N-dealkylation sites (N-methyl/N-ethyl adjacent to an activating group) is 1. The van der Waals surface area contributed by atoms with Gasteiger partial charge in [-0.15, -0.1) is 0 Å². The van der Waals surface area contributed by atoms with E-state index in [1.807, 2.05) is 29.2 Å². The van der Waals surface area contributed by atoms with Gasteiger partial charge in [0.25, 0.3) is 0 Å². The summed E-state index contributed by atoms with van der Waals surface area (Å²) in [5.41, 5.74) is 1.98. The van der Waals surface area contributed by atoms with Gasteiger partial charge in [-0.1, -0.05) is 31.2 Å². The lowest BCUT2D eigenvalue weighted by Crippen LogP contribution is -2.49. The fourth-order valence-corrected chi connectivity index (χ4v) is 3.46. The first-order valence-electron chi connectivity index (χ1n) is 7.70. The number of hydrogen-bond donors (Lipinski definition) is 0. The van der Waals surface area contributed by atoms with Gasteiger partial charge < -0.3 is 9.80 Å². The lowest BCUT2D eigenvalue weighted by Gasteiger charge is -2.39. The minimum absolute atomic E-state index is 0.0251. The summed E-state index contributed by atoms with van der Waals surface area (Å²) in [6, 6.07) is 7.37. The molecule has 2 amide bonds. The van der Waals surface area contributed by atoms with Crippen LogP contribution < -0.4 is 0 Å². The van der Waals surface area contributed by atoms with Gasteiger partial charge in [-0.05, 0) is 29.9 Å². The third-order valence-corrected chi connectivity index (χ3v) is 4.67.